The van der Waals surface area contributed by atoms with E-state index in [-0.39, 0.29) is 5.78 Å². The number of carbonyl (C=O) groups is 1. The molecule has 2 aromatic rings. The predicted molar refractivity (Wildman–Crippen MR) is 91.5 cm³/mol. The van der Waals surface area contributed by atoms with Crippen LogP contribution in [0.25, 0.3) is 0 Å². The molecule has 0 aliphatic carbocycles. The van der Waals surface area contributed by atoms with Crippen LogP contribution in [0.4, 0.5) is 10.7 Å². The standard InChI is InChI=1S/C15H19N3OS2/c1-4-11(19)13-12(16)14(20-3)15(21-13)18(2)9-10-7-5-6-8-17-10/h5-8H,4,9,16H2,1-3H3. The summed E-state index contributed by atoms with van der Waals surface area (Å²) < 4.78 is 0. The summed E-state index contributed by atoms with van der Waals surface area (Å²) in [5, 5.41) is 1.03. The molecule has 0 fully saturated rings. The number of nitrogens with two attached hydrogens (primary N) is 1. The first-order valence-corrected chi connectivity index (χ1v) is 8.73. The van der Waals surface area contributed by atoms with Crippen LogP contribution in [0.5, 0.6) is 0 Å². The van der Waals surface area contributed by atoms with Gasteiger partial charge in [0, 0.05) is 19.7 Å². The second-order valence-electron chi connectivity index (χ2n) is 4.64. The molecule has 0 bridgehead atoms. The molecule has 2 rings (SSSR count). The molecule has 0 aromatic carbocycles. The van der Waals surface area contributed by atoms with Crippen LogP contribution in [0.1, 0.15) is 28.7 Å². The quantitative estimate of drug-likeness (QED) is 0.650. The molecule has 0 saturated heterocycles. The first-order valence-electron chi connectivity index (χ1n) is 6.69. The number of pyridine rings is 1. The van der Waals surface area contributed by atoms with Gasteiger partial charge in [0.2, 0.25) is 0 Å². The van der Waals surface area contributed by atoms with E-state index in [9.17, 15) is 4.79 Å². The fraction of sp³-hybridized carbons (Fsp3) is 0.333. The molecule has 0 saturated carbocycles. The highest BCUT2D eigenvalue weighted by molar-refractivity contribution is 7.99. The Morgan fingerprint density at radius 3 is 2.81 bits per heavy atom. The third-order valence-electron chi connectivity index (χ3n) is 3.13. The van der Waals surface area contributed by atoms with Gasteiger partial charge in [0.25, 0.3) is 0 Å². The van der Waals surface area contributed by atoms with E-state index in [1.165, 1.54) is 11.3 Å². The van der Waals surface area contributed by atoms with Gasteiger partial charge in [0.15, 0.2) is 5.78 Å². The Morgan fingerprint density at radius 2 is 2.24 bits per heavy atom. The number of anilines is 2. The number of hydrogen-bond donors (Lipinski definition) is 1. The lowest BCUT2D eigenvalue weighted by Gasteiger charge is -2.18. The van der Waals surface area contributed by atoms with Crippen LogP contribution in [0.2, 0.25) is 0 Å². The van der Waals surface area contributed by atoms with Crippen molar-refractivity contribution in [2.24, 2.45) is 0 Å². The van der Waals surface area contributed by atoms with Crippen LogP contribution in [-0.4, -0.2) is 24.1 Å². The molecule has 112 valence electrons. The van der Waals surface area contributed by atoms with Gasteiger partial charge in [-0.2, -0.15) is 0 Å². The Hall–Kier alpha value is -1.53. The molecular formula is C15H19N3OS2. The van der Waals surface area contributed by atoms with Gasteiger partial charge in [0.1, 0.15) is 5.00 Å². The highest BCUT2D eigenvalue weighted by Gasteiger charge is 2.21. The fourth-order valence-electron chi connectivity index (χ4n) is 2.04. The third kappa shape index (κ3) is 3.39. The first-order chi connectivity index (χ1) is 10.1. The molecule has 0 aliphatic rings. The van der Waals surface area contributed by atoms with Crippen molar-refractivity contribution in [3.63, 3.8) is 0 Å². The lowest BCUT2D eigenvalue weighted by atomic mass is 10.2. The molecular weight excluding hydrogens is 302 g/mol. The average molecular weight is 321 g/mol. The summed E-state index contributed by atoms with van der Waals surface area (Å²) in [6.07, 6.45) is 4.24. The van der Waals surface area contributed by atoms with Gasteiger partial charge in [-0.3, -0.25) is 9.78 Å². The van der Waals surface area contributed by atoms with Crippen molar-refractivity contribution >= 4 is 39.6 Å². The smallest absolute Gasteiger partial charge is 0.174 e. The Bertz CT molecular complexity index is 625. The predicted octanol–water partition coefficient (Wildman–Crippen LogP) is 3.68. The van der Waals surface area contributed by atoms with Crippen LogP contribution < -0.4 is 10.6 Å². The summed E-state index contributed by atoms with van der Waals surface area (Å²) in [6, 6.07) is 5.86. The molecule has 6 heteroatoms. The van der Waals surface area contributed by atoms with Crippen LogP contribution in [0, 0.1) is 0 Å². The Morgan fingerprint density at radius 1 is 1.48 bits per heavy atom. The number of thiophene rings is 1. The molecule has 2 heterocycles. The summed E-state index contributed by atoms with van der Waals surface area (Å²) in [4.78, 5) is 20.1. The van der Waals surface area contributed by atoms with Gasteiger partial charge in [-0.1, -0.05) is 13.0 Å². The van der Waals surface area contributed by atoms with E-state index >= 15 is 0 Å². The van der Waals surface area contributed by atoms with Crippen LogP contribution in [0.3, 0.4) is 0 Å². The topological polar surface area (TPSA) is 59.2 Å². The lowest BCUT2D eigenvalue weighted by Crippen LogP contribution is -2.16. The maximum absolute atomic E-state index is 12.0. The van der Waals surface area contributed by atoms with Crippen LogP contribution in [0.15, 0.2) is 29.3 Å². The fourth-order valence-corrected chi connectivity index (χ4v) is 4.22. The van der Waals surface area contributed by atoms with Gasteiger partial charge in [-0.25, -0.2) is 0 Å². The van der Waals surface area contributed by atoms with Crippen molar-refractivity contribution in [1.29, 1.82) is 0 Å². The minimum atomic E-state index is 0.102. The van der Waals surface area contributed by atoms with Gasteiger partial charge in [-0.15, -0.1) is 23.1 Å². The lowest BCUT2D eigenvalue weighted by molar-refractivity contribution is 0.0992. The molecule has 0 atom stereocenters. The maximum Gasteiger partial charge on any atom is 0.174 e. The minimum Gasteiger partial charge on any atom is -0.396 e. The van der Waals surface area contributed by atoms with Crippen molar-refractivity contribution < 1.29 is 4.79 Å². The number of thioether (sulfide) groups is 1. The number of Topliss-reactive ketones (excluding diaryl/α,β-unsaturated/α-hetero) is 1. The summed E-state index contributed by atoms with van der Waals surface area (Å²) in [5.41, 5.74) is 7.75. The normalized spacial score (nSPS) is 10.6. The summed E-state index contributed by atoms with van der Waals surface area (Å²) >= 11 is 3.05. The monoisotopic (exact) mass is 321 g/mol. The first kappa shape index (κ1) is 15.9. The Balaban J connectivity index is 2.32. The molecule has 0 radical (unpaired) electrons. The number of aromatic nitrogens is 1. The summed E-state index contributed by atoms with van der Waals surface area (Å²) in [7, 11) is 2.00. The van der Waals surface area contributed by atoms with Crippen LogP contribution >= 0.6 is 23.1 Å². The number of ketones is 1. The zero-order valence-corrected chi connectivity index (χ0v) is 14.1. The third-order valence-corrected chi connectivity index (χ3v) is 5.44. The van der Waals surface area contributed by atoms with E-state index in [1.807, 2.05) is 38.4 Å². The van der Waals surface area contributed by atoms with Crippen molar-refractivity contribution in [1.82, 2.24) is 4.98 Å². The molecule has 0 amide bonds. The average Bonchev–Trinajstić information content (AvgIpc) is 2.84. The SMILES string of the molecule is CCC(=O)c1sc(N(C)Cc2ccccn2)c(SC)c1N. The van der Waals surface area contributed by atoms with Gasteiger partial charge in [-0.05, 0) is 18.4 Å². The van der Waals surface area contributed by atoms with Gasteiger partial charge < -0.3 is 10.6 Å². The Kier molecular flexibility index (Phi) is 5.25. The highest BCUT2D eigenvalue weighted by Crippen LogP contribution is 2.44. The number of nitrogen functional groups attached to an aromatic ring is 1. The number of carbonyl (C=O) groups excluding carboxylic acids is 1. The Labute approximate surface area is 133 Å². The summed E-state index contributed by atoms with van der Waals surface area (Å²) in [6.45, 7) is 2.55. The van der Waals surface area contributed by atoms with E-state index in [4.69, 9.17) is 5.73 Å². The molecule has 0 unspecified atom stereocenters. The maximum atomic E-state index is 12.0. The molecule has 21 heavy (non-hydrogen) atoms. The van der Waals surface area contributed by atoms with E-state index in [1.54, 1.807) is 18.0 Å². The van der Waals surface area contributed by atoms with Crippen molar-refractivity contribution in [3.05, 3.63) is 35.0 Å². The van der Waals surface area contributed by atoms with Gasteiger partial charge in [0.05, 0.1) is 27.7 Å². The number of rotatable bonds is 6. The van der Waals surface area contributed by atoms with Crippen molar-refractivity contribution in [2.45, 2.75) is 24.8 Å². The van der Waals surface area contributed by atoms with E-state index < -0.39 is 0 Å². The van der Waals surface area contributed by atoms with Crippen molar-refractivity contribution in [3.8, 4) is 0 Å². The number of nitrogens with zero attached hydrogens (tertiary/aromatic N) is 2. The zero-order chi connectivity index (χ0) is 15.4. The molecule has 0 aliphatic heterocycles. The zero-order valence-electron chi connectivity index (χ0n) is 12.4. The number of hydrogen-bond acceptors (Lipinski definition) is 6. The van der Waals surface area contributed by atoms with Crippen molar-refractivity contribution in [2.75, 3.05) is 23.9 Å². The molecule has 0 spiro atoms. The van der Waals surface area contributed by atoms with Crippen LogP contribution in [-0.2, 0) is 6.54 Å². The van der Waals surface area contributed by atoms with E-state index in [0.717, 1.165) is 15.6 Å². The molecule has 2 N–H and O–H groups in total. The minimum absolute atomic E-state index is 0.102. The second kappa shape index (κ2) is 6.95. The summed E-state index contributed by atoms with van der Waals surface area (Å²) in [5.74, 6) is 0.102. The molecule has 4 nitrogen and oxygen atoms in total. The van der Waals surface area contributed by atoms with E-state index in [0.29, 0.717) is 23.5 Å². The largest absolute Gasteiger partial charge is 0.396 e. The van der Waals surface area contributed by atoms with Gasteiger partial charge >= 0.3 is 0 Å². The molecule has 2 aromatic heterocycles. The highest BCUT2D eigenvalue weighted by atomic mass is 32.2. The van der Waals surface area contributed by atoms with E-state index in [2.05, 4.69) is 9.88 Å². The second-order valence-corrected chi connectivity index (χ2v) is 6.45.